The van der Waals surface area contributed by atoms with Crippen molar-refractivity contribution >= 4 is 0 Å². The zero-order chi connectivity index (χ0) is 9.80. The third-order valence-electron chi connectivity index (χ3n) is 3.00. The molecule has 3 nitrogen and oxygen atoms in total. The molecule has 1 atom stereocenters. The van der Waals surface area contributed by atoms with E-state index in [1.165, 1.54) is 0 Å². The van der Waals surface area contributed by atoms with E-state index < -0.39 is 0 Å². The van der Waals surface area contributed by atoms with Gasteiger partial charge in [-0.3, -0.25) is 4.90 Å². The Bertz CT molecular complexity index is 229. The van der Waals surface area contributed by atoms with E-state index >= 15 is 0 Å². The van der Waals surface area contributed by atoms with Crippen LogP contribution in [0.5, 0.6) is 0 Å². The quantitative estimate of drug-likeness (QED) is 0.693. The molecule has 0 spiro atoms. The van der Waals surface area contributed by atoms with E-state index in [1.807, 2.05) is 0 Å². The van der Waals surface area contributed by atoms with Gasteiger partial charge in [-0.2, -0.15) is 0 Å². The van der Waals surface area contributed by atoms with Crippen LogP contribution in [-0.4, -0.2) is 48.7 Å². The molecule has 0 radical (unpaired) electrons. The molecule has 0 aromatic carbocycles. The molecule has 3 heteroatoms. The molecule has 2 aliphatic heterocycles. The van der Waals surface area contributed by atoms with Gasteiger partial charge in [-0.1, -0.05) is 12.2 Å². The zero-order valence-electron chi connectivity index (χ0n) is 8.82. The maximum Gasteiger partial charge on any atom is 0.0790 e. The van der Waals surface area contributed by atoms with Gasteiger partial charge in [-0.05, 0) is 13.0 Å². The highest BCUT2D eigenvalue weighted by Gasteiger charge is 2.19. The number of hydrogen-bond donors (Lipinski definition) is 1. The van der Waals surface area contributed by atoms with Gasteiger partial charge in [-0.15, -0.1) is 0 Å². The van der Waals surface area contributed by atoms with Crippen molar-refractivity contribution in [1.82, 2.24) is 15.1 Å². The molecule has 2 heterocycles. The second-order valence-corrected chi connectivity index (χ2v) is 3.88. The SMILES string of the molecule is CC(N1C=CC=CC1)N1CCNCC1. The topological polar surface area (TPSA) is 18.5 Å². The first-order valence-electron chi connectivity index (χ1n) is 5.42. The lowest BCUT2D eigenvalue weighted by atomic mass is 10.2. The Balaban J connectivity index is 1.89. The van der Waals surface area contributed by atoms with Crippen LogP contribution in [0, 0.1) is 0 Å². The summed E-state index contributed by atoms with van der Waals surface area (Å²) < 4.78 is 0. The maximum absolute atomic E-state index is 3.38. The summed E-state index contributed by atoms with van der Waals surface area (Å²) in [6.45, 7) is 7.90. The van der Waals surface area contributed by atoms with Crippen LogP contribution in [0.3, 0.4) is 0 Å². The Morgan fingerprint density at radius 3 is 2.64 bits per heavy atom. The Morgan fingerprint density at radius 1 is 1.21 bits per heavy atom. The molecule has 2 aliphatic rings. The lowest BCUT2D eigenvalue weighted by Crippen LogP contribution is -2.52. The smallest absolute Gasteiger partial charge is 0.0790 e. The maximum atomic E-state index is 3.38. The first-order valence-corrected chi connectivity index (χ1v) is 5.42. The number of nitrogens with zero attached hydrogens (tertiary/aromatic N) is 2. The minimum atomic E-state index is 0.526. The molecule has 2 rings (SSSR count). The molecule has 1 saturated heterocycles. The third-order valence-corrected chi connectivity index (χ3v) is 3.00. The van der Waals surface area contributed by atoms with Crippen LogP contribution in [0.4, 0.5) is 0 Å². The van der Waals surface area contributed by atoms with Crippen molar-refractivity contribution in [2.24, 2.45) is 0 Å². The van der Waals surface area contributed by atoms with Gasteiger partial charge in [0, 0.05) is 38.9 Å². The Morgan fingerprint density at radius 2 is 2.00 bits per heavy atom. The number of nitrogens with one attached hydrogen (secondary N) is 1. The molecule has 78 valence electrons. The average Bonchev–Trinajstić information content (AvgIpc) is 2.30. The number of piperazine rings is 1. The van der Waals surface area contributed by atoms with Crippen LogP contribution in [0.1, 0.15) is 6.92 Å². The van der Waals surface area contributed by atoms with Crippen molar-refractivity contribution in [2.45, 2.75) is 13.1 Å². The van der Waals surface area contributed by atoms with Crippen LogP contribution < -0.4 is 5.32 Å². The summed E-state index contributed by atoms with van der Waals surface area (Å²) in [5.41, 5.74) is 0. The molecule has 1 N–H and O–H groups in total. The van der Waals surface area contributed by atoms with Crippen LogP contribution in [0.2, 0.25) is 0 Å². The number of allylic oxidation sites excluding steroid dienone is 2. The van der Waals surface area contributed by atoms with E-state index in [-0.39, 0.29) is 0 Å². The fourth-order valence-electron chi connectivity index (χ4n) is 2.02. The van der Waals surface area contributed by atoms with E-state index in [0.717, 1.165) is 32.7 Å². The van der Waals surface area contributed by atoms with Crippen molar-refractivity contribution in [1.29, 1.82) is 0 Å². The van der Waals surface area contributed by atoms with Crippen molar-refractivity contribution in [3.05, 3.63) is 24.4 Å². The van der Waals surface area contributed by atoms with Gasteiger partial charge < -0.3 is 10.2 Å². The Hall–Kier alpha value is -0.800. The highest BCUT2D eigenvalue weighted by atomic mass is 15.4. The van der Waals surface area contributed by atoms with Crippen LogP contribution in [0.15, 0.2) is 24.4 Å². The average molecular weight is 193 g/mol. The lowest BCUT2D eigenvalue weighted by Gasteiger charge is -2.39. The molecule has 0 amide bonds. The summed E-state index contributed by atoms with van der Waals surface area (Å²) >= 11 is 0. The van der Waals surface area contributed by atoms with Gasteiger partial charge in [0.05, 0.1) is 6.17 Å². The fraction of sp³-hybridized carbons (Fsp3) is 0.636. The number of hydrogen-bond acceptors (Lipinski definition) is 3. The highest BCUT2D eigenvalue weighted by molar-refractivity contribution is 5.09. The van der Waals surface area contributed by atoms with E-state index in [2.05, 4.69) is 46.5 Å². The van der Waals surface area contributed by atoms with Gasteiger partial charge in [0.2, 0.25) is 0 Å². The zero-order valence-corrected chi connectivity index (χ0v) is 8.82. The summed E-state index contributed by atoms with van der Waals surface area (Å²) in [5, 5.41) is 3.38. The normalized spacial score (nSPS) is 25.4. The summed E-state index contributed by atoms with van der Waals surface area (Å²) in [6, 6.07) is 0. The van der Waals surface area contributed by atoms with E-state index in [1.54, 1.807) is 0 Å². The molecule has 0 bridgehead atoms. The van der Waals surface area contributed by atoms with Crippen molar-refractivity contribution in [3.63, 3.8) is 0 Å². The molecule has 1 unspecified atom stereocenters. The van der Waals surface area contributed by atoms with Gasteiger partial charge in [0.25, 0.3) is 0 Å². The van der Waals surface area contributed by atoms with Crippen LogP contribution in [0.25, 0.3) is 0 Å². The molecular formula is C11H19N3. The van der Waals surface area contributed by atoms with Gasteiger partial charge in [0.1, 0.15) is 0 Å². The second kappa shape index (κ2) is 4.62. The van der Waals surface area contributed by atoms with Gasteiger partial charge in [-0.25, -0.2) is 0 Å². The molecule has 14 heavy (non-hydrogen) atoms. The first-order chi connectivity index (χ1) is 6.88. The lowest BCUT2D eigenvalue weighted by molar-refractivity contribution is 0.0849. The van der Waals surface area contributed by atoms with Gasteiger partial charge >= 0.3 is 0 Å². The Kier molecular flexibility index (Phi) is 3.22. The summed E-state index contributed by atoms with van der Waals surface area (Å²) in [5.74, 6) is 0. The van der Waals surface area contributed by atoms with Crippen molar-refractivity contribution in [2.75, 3.05) is 32.7 Å². The summed E-state index contributed by atoms with van der Waals surface area (Å²) in [7, 11) is 0. The monoisotopic (exact) mass is 193 g/mol. The minimum absolute atomic E-state index is 0.526. The van der Waals surface area contributed by atoms with Crippen molar-refractivity contribution in [3.8, 4) is 0 Å². The fourth-order valence-corrected chi connectivity index (χ4v) is 2.02. The number of rotatable bonds is 2. The van der Waals surface area contributed by atoms with Crippen LogP contribution >= 0.6 is 0 Å². The predicted molar refractivity (Wildman–Crippen MR) is 58.9 cm³/mol. The van der Waals surface area contributed by atoms with E-state index in [0.29, 0.717) is 6.17 Å². The predicted octanol–water partition coefficient (Wildman–Crippen LogP) is 0.623. The van der Waals surface area contributed by atoms with E-state index in [9.17, 15) is 0 Å². The third kappa shape index (κ3) is 2.16. The second-order valence-electron chi connectivity index (χ2n) is 3.88. The summed E-state index contributed by atoms with van der Waals surface area (Å²) in [4.78, 5) is 4.91. The van der Waals surface area contributed by atoms with Crippen LogP contribution in [-0.2, 0) is 0 Å². The molecular weight excluding hydrogens is 174 g/mol. The first kappa shape index (κ1) is 9.74. The summed E-state index contributed by atoms with van der Waals surface area (Å²) in [6.07, 6.45) is 9.15. The minimum Gasteiger partial charge on any atom is -0.358 e. The van der Waals surface area contributed by atoms with E-state index in [4.69, 9.17) is 0 Å². The molecule has 0 aromatic heterocycles. The molecule has 0 aromatic rings. The highest BCUT2D eigenvalue weighted by Crippen LogP contribution is 2.10. The molecule has 0 saturated carbocycles. The molecule has 1 fully saturated rings. The standard InChI is InChI=1S/C11H19N3/c1-11(13-7-3-2-4-8-13)14-9-5-12-6-10-14/h2-4,7,11-12H,5-6,8-10H2,1H3. The molecule has 0 aliphatic carbocycles. The Labute approximate surface area is 86.1 Å². The van der Waals surface area contributed by atoms with Gasteiger partial charge in [0.15, 0.2) is 0 Å². The van der Waals surface area contributed by atoms with Crippen molar-refractivity contribution < 1.29 is 0 Å². The largest absolute Gasteiger partial charge is 0.358 e.